The lowest BCUT2D eigenvalue weighted by Crippen LogP contribution is -2.35. The van der Waals surface area contributed by atoms with Crippen molar-refractivity contribution in [2.24, 2.45) is 5.73 Å². The van der Waals surface area contributed by atoms with Gasteiger partial charge in [-0.25, -0.2) is 9.18 Å². The first-order chi connectivity index (χ1) is 10.5. The van der Waals surface area contributed by atoms with Crippen LogP contribution in [0.3, 0.4) is 0 Å². The molecular formula is C16H15FN2O3. The molecular weight excluding hydrogens is 287 g/mol. The number of hydroxylamine groups is 2. The number of nitrogens with two attached hydrogens (primary N) is 1. The molecule has 1 unspecified atom stereocenters. The van der Waals surface area contributed by atoms with Crippen molar-refractivity contribution < 1.29 is 19.1 Å². The summed E-state index contributed by atoms with van der Waals surface area (Å²) in [5, 5.41) is 10.2. The molecule has 1 atom stereocenters. The second kappa shape index (κ2) is 5.65. The molecule has 6 heteroatoms. The van der Waals surface area contributed by atoms with E-state index >= 15 is 0 Å². The lowest BCUT2D eigenvalue weighted by Gasteiger charge is -2.20. The summed E-state index contributed by atoms with van der Waals surface area (Å²) in [6.45, 7) is 0. The van der Waals surface area contributed by atoms with Crippen molar-refractivity contribution in [2.75, 3.05) is 0 Å². The fourth-order valence-corrected chi connectivity index (χ4v) is 2.71. The lowest BCUT2D eigenvalue weighted by molar-refractivity contribution is -0.0757. The molecule has 0 saturated carbocycles. The largest absolute Gasteiger partial charge is 0.457 e. The van der Waals surface area contributed by atoms with Gasteiger partial charge >= 0.3 is 6.03 Å². The van der Waals surface area contributed by atoms with Gasteiger partial charge < -0.3 is 10.5 Å². The fourth-order valence-electron chi connectivity index (χ4n) is 2.71. The quantitative estimate of drug-likeness (QED) is 0.674. The van der Waals surface area contributed by atoms with E-state index in [-0.39, 0.29) is 5.82 Å². The number of aryl methyl sites for hydroxylation is 1. The Morgan fingerprint density at radius 1 is 1.27 bits per heavy atom. The van der Waals surface area contributed by atoms with Crippen LogP contribution in [-0.2, 0) is 6.42 Å². The van der Waals surface area contributed by atoms with Crippen molar-refractivity contribution in [1.29, 1.82) is 0 Å². The Morgan fingerprint density at radius 3 is 2.77 bits per heavy atom. The zero-order valence-electron chi connectivity index (χ0n) is 11.7. The molecule has 3 rings (SSSR count). The molecule has 0 fully saturated rings. The number of carbonyl (C=O) groups is 1. The monoisotopic (exact) mass is 302 g/mol. The van der Waals surface area contributed by atoms with Gasteiger partial charge in [-0.15, -0.1) is 0 Å². The van der Waals surface area contributed by atoms with Gasteiger partial charge in [-0.05, 0) is 48.2 Å². The summed E-state index contributed by atoms with van der Waals surface area (Å²) in [5.41, 5.74) is 6.91. The first kappa shape index (κ1) is 14.3. The van der Waals surface area contributed by atoms with Crippen LogP contribution in [-0.4, -0.2) is 16.3 Å². The molecule has 1 aliphatic rings. The minimum atomic E-state index is -0.877. The highest BCUT2D eigenvalue weighted by molar-refractivity contribution is 5.71. The number of rotatable bonds is 3. The van der Waals surface area contributed by atoms with E-state index in [4.69, 9.17) is 10.5 Å². The second-order valence-electron chi connectivity index (χ2n) is 5.16. The minimum Gasteiger partial charge on any atom is -0.457 e. The van der Waals surface area contributed by atoms with Gasteiger partial charge in [0.2, 0.25) is 0 Å². The van der Waals surface area contributed by atoms with Gasteiger partial charge in [0.15, 0.2) is 0 Å². The van der Waals surface area contributed by atoms with Gasteiger partial charge in [0, 0.05) is 6.07 Å². The van der Waals surface area contributed by atoms with Crippen molar-refractivity contribution in [3.05, 3.63) is 59.4 Å². The predicted octanol–water partition coefficient (Wildman–Crippen LogP) is 3.38. The van der Waals surface area contributed by atoms with Crippen LogP contribution in [0, 0.1) is 5.82 Å². The standard InChI is InChI=1S/C16H15FN2O3/c17-11-2-1-3-12(9-11)22-13-5-6-14-10(8-13)4-7-15(14)19(21)16(18)20/h1-3,5-6,8-9,15,21H,4,7H2,(H2,18,20). The number of benzene rings is 2. The Hall–Kier alpha value is -2.60. The van der Waals surface area contributed by atoms with Crippen LogP contribution in [0.2, 0.25) is 0 Å². The van der Waals surface area contributed by atoms with Gasteiger partial charge in [0.25, 0.3) is 0 Å². The molecule has 0 spiro atoms. The highest BCUT2D eigenvalue weighted by atomic mass is 19.1. The zero-order chi connectivity index (χ0) is 15.7. The number of ether oxygens (including phenoxy) is 1. The van der Waals surface area contributed by atoms with Gasteiger partial charge in [-0.3, -0.25) is 5.21 Å². The summed E-state index contributed by atoms with van der Waals surface area (Å²) in [4.78, 5) is 11.1. The Labute approximate surface area is 126 Å². The molecule has 0 radical (unpaired) electrons. The van der Waals surface area contributed by atoms with E-state index in [1.54, 1.807) is 24.3 Å². The van der Waals surface area contributed by atoms with Crippen LogP contribution in [0.25, 0.3) is 0 Å². The Kier molecular flexibility index (Phi) is 3.68. The normalized spacial score (nSPS) is 16.2. The van der Waals surface area contributed by atoms with Gasteiger partial charge in [-0.2, -0.15) is 5.06 Å². The van der Waals surface area contributed by atoms with E-state index in [9.17, 15) is 14.4 Å². The molecule has 0 heterocycles. The smallest absolute Gasteiger partial charge is 0.339 e. The average Bonchev–Trinajstić information content (AvgIpc) is 2.89. The van der Waals surface area contributed by atoms with Crippen LogP contribution in [0.5, 0.6) is 11.5 Å². The summed E-state index contributed by atoms with van der Waals surface area (Å²) in [6.07, 6.45) is 1.29. The molecule has 0 aromatic heterocycles. The maximum atomic E-state index is 13.1. The molecule has 1 aliphatic carbocycles. The van der Waals surface area contributed by atoms with Gasteiger partial charge in [0.1, 0.15) is 17.3 Å². The number of carbonyl (C=O) groups excluding carboxylic acids is 1. The second-order valence-corrected chi connectivity index (χ2v) is 5.16. The number of amides is 2. The fraction of sp³-hybridized carbons (Fsp3) is 0.188. The molecule has 2 amide bonds. The third-order valence-electron chi connectivity index (χ3n) is 3.71. The number of hydrogen-bond donors (Lipinski definition) is 2. The van der Waals surface area contributed by atoms with Crippen molar-refractivity contribution in [3.63, 3.8) is 0 Å². The van der Waals surface area contributed by atoms with Crippen molar-refractivity contribution in [3.8, 4) is 11.5 Å². The number of hydrogen-bond acceptors (Lipinski definition) is 3. The van der Waals surface area contributed by atoms with Crippen LogP contribution >= 0.6 is 0 Å². The SMILES string of the molecule is NC(=O)N(O)C1CCc2cc(Oc3cccc(F)c3)ccc21. The Balaban J connectivity index is 1.82. The van der Waals surface area contributed by atoms with Crippen LogP contribution in [0.15, 0.2) is 42.5 Å². The highest BCUT2D eigenvalue weighted by Crippen LogP contribution is 2.37. The molecule has 0 bridgehead atoms. The third-order valence-corrected chi connectivity index (χ3v) is 3.71. The highest BCUT2D eigenvalue weighted by Gasteiger charge is 2.29. The van der Waals surface area contributed by atoms with Crippen LogP contribution in [0.4, 0.5) is 9.18 Å². The van der Waals surface area contributed by atoms with Gasteiger partial charge in [0.05, 0.1) is 6.04 Å². The maximum absolute atomic E-state index is 13.1. The number of nitrogens with zero attached hydrogens (tertiary/aromatic N) is 1. The number of fused-ring (bicyclic) bond motifs is 1. The summed E-state index contributed by atoms with van der Waals surface area (Å²) in [7, 11) is 0. The van der Waals surface area contributed by atoms with E-state index < -0.39 is 12.1 Å². The lowest BCUT2D eigenvalue weighted by atomic mass is 10.1. The molecule has 2 aromatic rings. The minimum absolute atomic E-state index is 0.365. The number of primary amides is 1. The van der Waals surface area contributed by atoms with E-state index in [0.717, 1.165) is 11.1 Å². The predicted molar refractivity (Wildman–Crippen MR) is 77.2 cm³/mol. The molecule has 0 saturated heterocycles. The van der Waals surface area contributed by atoms with E-state index in [1.807, 2.05) is 6.07 Å². The van der Waals surface area contributed by atoms with Crippen LogP contribution < -0.4 is 10.5 Å². The van der Waals surface area contributed by atoms with Crippen molar-refractivity contribution >= 4 is 6.03 Å². The summed E-state index contributed by atoms with van der Waals surface area (Å²) in [6, 6.07) is 9.92. The Bertz CT molecular complexity index is 720. The summed E-state index contributed by atoms with van der Waals surface area (Å²) >= 11 is 0. The molecule has 3 N–H and O–H groups in total. The van der Waals surface area contributed by atoms with Crippen LogP contribution in [0.1, 0.15) is 23.6 Å². The molecule has 2 aromatic carbocycles. The Morgan fingerprint density at radius 2 is 2.05 bits per heavy atom. The number of urea groups is 1. The van der Waals surface area contributed by atoms with E-state index in [2.05, 4.69) is 0 Å². The topological polar surface area (TPSA) is 75.8 Å². The zero-order valence-corrected chi connectivity index (χ0v) is 11.7. The van der Waals surface area contributed by atoms with Gasteiger partial charge in [-0.1, -0.05) is 12.1 Å². The number of halogens is 1. The third kappa shape index (κ3) is 2.73. The molecule has 0 aliphatic heterocycles. The summed E-state index contributed by atoms with van der Waals surface area (Å²) < 4.78 is 18.8. The van der Waals surface area contributed by atoms with E-state index in [0.29, 0.717) is 29.4 Å². The van der Waals surface area contributed by atoms with Crippen molar-refractivity contribution in [1.82, 2.24) is 5.06 Å². The van der Waals surface area contributed by atoms with Crippen molar-refractivity contribution in [2.45, 2.75) is 18.9 Å². The van der Waals surface area contributed by atoms with E-state index in [1.165, 1.54) is 12.1 Å². The summed E-state index contributed by atoms with van der Waals surface area (Å²) in [5.74, 6) is 0.625. The first-order valence-electron chi connectivity index (χ1n) is 6.88. The average molecular weight is 302 g/mol. The first-order valence-corrected chi connectivity index (χ1v) is 6.88. The molecule has 5 nitrogen and oxygen atoms in total. The maximum Gasteiger partial charge on any atom is 0.339 e. The molecule has 22 heavy (non-hydrogen) atoms. The molecule has 114 valence electrons.